The van der Waals surface area contributed by atoms with E-state index in [2.05, 4.69) is 13.8 Å². The summed E-state index contributed by atoms with van der Waals surface area (Å²) in [6.45, 7) is 10.7. The van der Waals surface area contributed by atoms with Crippen LogP contribution in [0.1, 0.15) is 50.0 Å². The Morgan fingerprint density at radius 3 is 2.36 bits per heavy atom. The average Bonchev–Trinajstić information content (AvgIpc) is 2.95. The molecule has 1 aromatic carbocycles. The first-order valence-electron chi connectivity index (χ1n) is 8.97. The van der Waals surface area contributed by atoms with Crippen molar-refractivity contribution in [3.63, 3.8) is 0 Å². The fraction of sp³-hybridized carbons (Fsp3) is 0.600. The van der Waals surface area contributed by atoms with Crippen LogP contribution in [-0.4, -0.2) is 40.6 Å². The van der Waals surface area contributed by atoms with Gasteiger partial charge in [-0.1, -0.05) is 45.4 Å². The minimum absolute atomic E-state index is 0.0189. The highest BCUT2D eigenvalue weighted by atomic mass is 32.2. The van der Waals surface area contributed by atoms with Crippen molar-refractivity contribution in [3.8, 4) is 0 Å². The number of aryl methyl sites for hydroxylation is 1. The number of rotatable bonds is 6. The molecule has 4 nitrogen and oxygen atoms in total. The average molecular weight is 364 g/mol. The fourth-order valence-corrected chi connectivity index (χ4v) is 4.42. The summed E-state index contributed by atoms with van der Waals surface area (Å²) in [5.41, 5.74) is 1.74. The summed E-state index contributed by atoms with van der Waals surface area (Å²) >= 11 is 1.68. The summed E-state index contributed by atoms with van der Waals surface area (Å²) in [5.74, 6) is 0.975. The molecule has 1 aliphatic heterocycles. The van der Waals surface area contributed by atoms with Gasteiger partial charge in [0.2, 0.25) is 0 Å². The summed E-state index contributed by atoms with van der Waals surface area (Å²) in [7, 11) is 0. The third-order valence-electron chi connectivity index (χ3n) is 4.13. The molecular weight excluding hydrogens is 334 g/mol. The zero-order valence-corrected chi connectivity index (χ0v) is 16.6. The first-order chi connectivity index (χ1) is 11.8. The molecule has 1 aromatic rings. The molecular formula is C20H29NO3S. The third-order valence-corrected chi connectivity index (χ3v) is 5.44. The number of carbonyl (C=O) groups excluding carboxylic acids is 2. The maximum atomic E-state index is 13.1. The molecule has 2 atom stereocenters. The summed E-state index contributed by atoms with van der Waals surface area (Å²) in [6, 6.07) is 7.04. The minimum atomic E-state index is -0.499. The quantitative estimate of drug-likeness (QED) is 0.713. The van der Waals surface area contributed by atoms with E-state index in [9.17, 15) is 9.59 Å². The molecule has 138 valence electrons. The van der Waals surface area contributed by atoms with E-state index in [1.54, 1.807) is 16.7 Å². The maximum absolute atomic E-state index is 13.1. The zero-order valence-electron chi connectivity index (χ0n) is 15.8. The molecule has 0 radical (unpaired) electrons. The standard InChI is InChI=1S/C20H29NO3S/c1-13(2)10-18-21(19(22)16-8-6-15(5)7-9-16)17(12-25-18)20(23)24-11-14(3)4/h6-9,13-14,17-18H,10-12H2,1-5H3/t17-,18+/m0/s1. The van der Waals surface area contributed by atoms with Gasteiger partial charge in [-0.05, 0) is 37.3 Å². The van der Waals surface area contributed by atoms with Gasteiger partial charge in [-0.2, -0.15) is 0 Å². The topological polar surface area (TPSA) is 46.6 Å². The van der Waals surface area contributed by atoms with Crippen molar-refractivity contribution in [3.05, 3.63) is 35.4 Å². The van der Waals surface area contributed by atoms with E-state index in [0.29, 0.717) is 23.8 Å². The van der Waals surface area contributed by atoms with Gasteiger partial charge in [-0.25, -0.2) is 4.79 Å². The molecule has 0 aromatic heterocycles. The normalized spacial score (nSPS) is 20.4. The Bertz CT molecular complexity index is 597. The number of hydrogen-bond acceptors (Lipinski definition) is 4. The Kier molecular flexibility index (Phi) is 6.94. The van der Waals surface area contributed by atoms with Gasteiger partial charge >= 0.3 is 5.97 Å². The van der Waals surface area contributed by atoms with Crippen LogP contribution in [0, 0.1) is 18.8 Å². The van der Waals surface area contributed by atoms with E-state index in [4.69, 9.17) is 4.74 Å². The molecule has 0 N–H and O–H groups in total. The Morgan fingerprint density at radius 2 is 1.80 bits per heavy atom. The number of nitrogens with zero attached hydrogens (tertiary/aromatic N) is 1. The van der Waals surface area contributed by atoms with E-state index in [0.717, 1.165) is 12.0 Å². The van der Waals surface area contributed by atoms with Crippen LogP contribution in [-0.2, 0) is 9.53 Å². The van der Waals surface area contributed by atoms with E-state index in [1.165, 1.54) is 0 Å². The molecule has 0 aliphatic carbocycles. The molecule has 0 spiro atoms. The second kappa shape index (κ2) is 8.75. The highest BCUT2D eigenvalue weighted by Gasteiger charge is 2.42. The molecule has 1 fully saturated rings. The number of amides is 1. The van der Waals surface area contributed by atoms with Crippen molar-refractivity contribution < 1.29 is 14.3 Å². The summed E-state index contributed by atoms with van der Waals surface area (Å²) < 4.78 is 5.43. The van der Waals surface area contributed by atoms with Gasteiger partial charge in [0.25, 0.3) is 5.91 Å². The smallest absolute Gasteiger partial charge is 0.329 e. The Labute approximate surface area is 155 Å². The van der Waals surface area contributed by atoms with Gasteiger partial charge < -0.3 is 9.64 Å². The third kappa shape index (κ3) is 5.24. The van der Waals surface area contributed by atoms with Gasteiger partial charge in [0.05, 0.1) is 12.0 Å². The second-order valence-corrected chi connectivity index (χ2v) is 8.75. The van der Waals surface area contributed by atoms with E-state index >= 15 is 0 Å². The highest BCUT2D eigenvalue weighted by molar-refractivity contribution is 8.00. The molecule has 0 saturated carbocycles. The van der Waals surface area contributed by atoms with Crippen molar-refractivity contribution in [2.75, 3.05) is 12.4 Å². The van der Waals surface area contributed by atoms with Gasteiger partial charge in [0, 0.05) is 11.3 Å². The van der Waals surface area contributed by atoms with Crippen molar-refractivity contribution >= 4 is 23.6 Å². The maximum Gasteiger partial charge on any atom is 0.329 e. The van der Waals surface area contributed by atoms with Crippen LogP contribution in [0.2, 0.25) is 0 Å². The van der Waals surface area contributed by atoms with Crippen LogP contribution >= 0.6 is 11.8 Å². The van der Waals surface area contributed by atoms with E-state index < -0.39 is 6.04 Å². The molecule has 0 unspecified atom stereocenters. The number of thioether (sulfide) groups is 1. The number of hydrogen-bond donors (Lipinski definition) is 0. The largest absolute Gasteiger partial charge is 0.464 e. The monoisotopic (exact) mass is 363 g/mol. The molecule has 1 heterocycles. The van der Waals surface area contributed by atoms with Gasteiger partial charge in [0.1, 0.15) is 6.04 Å². The summed E-state index contributed by atoms with van der Waals surface area (Å²) in [5, 5.41) is 0.0189. The van der Waals surface area contributed by atoms with Gasteiger partial charge in [-0.15, -0.1) is 11.8 Å². The lowest BCUT2D eigenvalue weighted by Crippen LogP contribution is -2.46. The molecule has 1 aliphatic rings. The lowest BCUT2D eigenvalue weighted by Gasteiger charge is -2.29. The fourth-order valence-electron chi connectivity index (χ4n) is 2.79. The molecule has 5 heteroatoms. The Hall–Kier alpha value is -1.49. The summed E-state index contributed by atoms with van der Waals surface area (Å²) in [6.07, 6.45) is 0.871. The van der Waals surface area contributed by atoms with Crippen molar-refractivity contribution in [2.45, 2.75) is 52.5 Å². The molecule has 1 amide bonds. The SMILES string of the molecule is Cc1ccc(C(=O)N2[C@@H](CC(C)C)SC[C@H]2C(=O)OCC(C)C)cc1. The number of esters is 1. The molecule has 1 saturated heterocycles. The van der Waals surface area contributed by atoms with Crippen molar-refractivity contribution in [1.82, 2.24) is 4.90 Å². The highest BCUT2D eigenvalue weighted by Crippen LogP contribution is 2.35. The summed E-state index contributed by atoms with van der Waals surface area (Å²) in [4.78, 5) is 27.4. The van der Waals surface area contributed by atoms with Crippen LogP contribution in [0.4, 0.5) is 0 Å². The lowest BCUT2D eigenvalue weighted by atomic mass is 10.1. The zero-order chi connectivity index (χ0) is 18.6. The Morgan fingerprint density at radius 1 is 1.16 bits per heavy atom. The van der Waals surface area contributed by atoms with Crippen LogP contribution in [0.3, 0.4) is 0 Å². The molecule has 0 bridgehead atoms. The number of ether oxygens (including phenoxy) is 1. The number of benzene rings is 1. The molecule has 2 rings (SSSR count). The van der Waals surface area contributed by atoms with Gasteiger partial charge in [0.15, 0.2) is 0 Å². The number of carbonyl (C=O) groups is 2. The van der Waals surface area contributed by atoms with E-state index in [-0.39, 0.29) is 23.2 Å². The first kappa shape index (κ1) is 19.8. The van der Waals surface area contributed by atoms with Crippen molar-refractivity contribution in [2.24, 2.45) is 11.8 Å². The van der Waals surface area contributed by atoms with E-state index in [1.807, 2.05) is 45.0 Å². The lowest BCUT2D eigenvalue weighted by molar-refractivity contribution is -0.149. The predicted octanol–water partition coefficient (Wildman–Crippen LogP) is 4.12. The van der Waals surface area contributed by atoms with Crippen LogP contribution in [0.15, 0.2) is 24.3 Å². The van der Waals surface area contributed by atoms with Crippen molar-refractivity contribution in [1.29, 1.82) is 0 Å². The minimum Gasteiger partial charge on any atom is -0.464 e. The molecule has 25 heavy (non-hydrogen) atoms. The van der Waals surface area contributed by atoms with Crippen LogP contribution in [0.5, 0.6) is 0 Å². The second-order valence-electron chi connectivity index (χ2n) is 7.54. The Balaban J connectivity index is 2.22. The first-order valence-corrected chi connectivity index (χ1v) is 10.0. The predicted molar refractivity (Wildman–Crippen MR) is 103 cm³/mol. The van der Waals surface area contributed by atoms with Crippen LogP contribution in [0.25, 0.3) is 0 Å². The van der Waals surface area contributed by atoms with Gasteiger partial charge in [-0.3, -0.25) is 4.79 Å². The van der Waals surface area contributed by atoms with Crippen LogP contribution < -0.4 is 0 Å².